The number of rotatable bonds is 4. The fourth-order valence-electron chi connectivity index (χ4n) is 1.89. The molecular formula is C17H13N3O2. The van der Waals surface area contributed by atoms with E-state index >= 15 is 0 Å². The van der Waals surface area contributed by atoms with Gasteiger partial charge in [-0.1, -0.05) is 36.4 Å². The lowest BCUT2D eigenvalue weighted by Crippen LogP contribution is -2.34. The molecule has 3 aromatic rings. The first-order chi connectivity index (χ1) is 10.8. The number of hydrogen-bond acceptors (Lipinski definition) is 4. The molecule has 1 heterocycles. The summed E-state index contributed by atoms with van der Waals surface area (Å²) >= 11 is 0. The van der Waals surface area contributed by atoms with Gasteiger partial charge in [-0.2, -0.15) is 0 Å². The van der Waals surface area contributed by atoms with Crippen molar-refractivity contribution in [3.05, 3.63) is 84.7 Å². The van der Waals surface area contributed by atoms with Crippen LogP contribution in [0, 0.1) is 0 Å². The number of carbonyl (C=O) groups excluding carboxylic acids is 1. The average Bonchev–Trinajstić information content (AvgIpc) is 2.61. The Hall–Kier alpha value is -3.21. The summed E-state index contributed by atoms with van der Waals surface area (Å²) in [5.74, 6) is -0.292. The highest BCUT2D eigenvalue weighted by Crippen LogP contribution is 2.18. The van der Waals surface area contributed by atoms with Crippen LogP contribution in [0.1, 0.15) is 10.4 Å². The van der Waals surface area contributed by atoms with Gasteiger partial charge < -0.3 is 4.84 Å². The molecule has 22 heavy (non-hydrogen) atoms. The number of amides is 1. The molecule has 0 aliphatic carbocycles. The third kappa shape index (κ3) is 3.09. The van der Waals surface area contributed by atoms with E-state index in [1.54, 1.807) is 54.9 Å². The molecule has 0 aliphatic rings. The molecule has 0 unspecified atom stereocenters. The fraction of sp³-hybridized carbons (Fsp3) is 0. The van der Waals surface area contributed by atoms with E-state index in [1.807, 2.05) is 24.3 Å². The summed E-state index contributed by atoms with van der Waals surface area (Å²) in [5.41, 5.74) is 1.12. The molecule has 0 saturated carbocycles. The molecule has 5 nitrogen and oxygen atoms in total. The Morgan fingerprint density at radius 3 is 2.05 bits per heavy atom. The van der Waals surface area contributed by atoms with Crippen molar-refractivity contribution in [1.29, 1.82) is 0 Å². The first-order valence-electron chi connectivity index (χ1n) is 6.74. The molecule has 0 N–H and O–H groups in total. The molecule has 1 aromatic heterocycles. The summed E-state index contributed by atoms with van der Waals surface area (Å²) in [6.45, 7) is 0. The molecule has 0 saturated heterocycles. The van der Waals surface area contributed by atoms with Crippen molar-refractivity contribution in [1.82, 2.24) is 9.97 Å². The van der Waals surface area contributed by atoms with Gasteiger partial charge in [0.05, 0.1) is 5.69 Å². The molecule has 0 atom stereocenters. The Bertz CT molecular complexity index is 734. The largest absolute Gasteiger partial charge is 0.343 e. The van der Waals surface area contributed by atoms with Gasteiger partial charge in [-0.3, -0.25) is 4.79 Å². The first kappa shape index (κ1) is 13.8. The van der Waals surface area contributed by atoms with Gasteiger partial charge in [-0.05, 0) is 30.3 Å². The van der Waals surface area contributed by atoms with E-state index in [-0.39, 0.29) is 11.9 Å². The van der Waals surface area contributed by atoms with Gasteiger partial charge in [-0.15, -0.1) is 5.06 Å². The van der Waals surface area contributed by atoms with Crippen molar-refractivity contribution in [2.45, 2.75) is 0 Å². The lowest BCUT2D eigenvalue weighted by molar-refractivity contribution is 0.0869. The van der Waals surface area contributed by atoms with Gasteiger partial charge in [0.2, 0.25) is 0 Å². The first-order valence-corrected chi connectivity index (χ1v) is 6.74. The van der Waals surface area contributed by atoms with E-state index in [4.69, 9.17) is 4.84 Å². The molecule has 108 valence electrons. The highest BCUT2D eigenvalue weighted by atomic mass is 16.7. The number of hydrogen-bond donors (Lipinski definition) is 0. The van der Waals surface area contributed by atoms with E-state index in [2.05, 4.69) is 9.97 Å². The third-order valence-electron chi connectivity index (χ3n) is 2.91. The summed E-state index contributed by atoms with van der Waals surface area (Å²) in [4.78, 5) is 26.3. The number of aromatic nitrogens is 2. The maximum atomic E-state index is 12.7. The summed E-state index contributed by atoms with van der Waals surface area (Å²) in [7, 11) is 0. The maximum absolute atomic E-state index is 12.7. The van der Waals surface area contributed by atoms with Gasteiger partial charge in [0, 0.05) is 18.0 Å². The molecule has 0 radical (unpaired) electrons. The Balaban J connectivity index is 1.95. The van der Waals surface area contributed by atoms with Crippen LogP contribution in [-0.4, -0.2) is 15.9 Å². The van der Waals surface area contributed by atoms with Gasteiger partial charge in [0.25, 0.3) is 5.91 Å². The zero-order valence-corrected chi connectivity index (χ0v) is 11.7. The predicted octanol–water partition coefficient (Wildman–Crippen LogP) is 3.12. The topological polar surface area (TPSA) is 55.3 Å². The number of benzene rings is 2. The van der Waals surface area contributed by atoms with Crippen LogP contribution in [0.5, 0.6) is 6.01 Å². The van der Waals surface area contributed by atoms with Crippen LogP contribution >= 0.6 is 0 Å². The standard InChI is InChI=1S/C17H13N3O2/c21-16(14-8-3-1-4-9-14)20(15-10-5-2-6-11-15)22-17-18-12-7-13-19-17/h1-13H. The van der Waals surface area contributed by atoms with Gasteiger partial charge >= 0.3 is 6.01 Å². The van der Waals surface area contributed by atoms with E-state index in [0.29, 0.717) is 11.3 Å². The Morgan fingerprint density at radius 2 is 1.41 bits per heavy atom. The van der Waals surface area contributed by atoms with Crippen molar-refractivity contribution >= 4 is 11.6 Å². The van der Waals surface area contributed by atoms with Crippen LogP contribution < -0.4 is 9.90 Å². The summed E-state index contributed by atoms with van der Waals surface area (Å²) in [6, 6.07) is 19.8. The average molecular weight is 291 g/mol. The van der Waals surface area contributed by atoms with Crippen molar-refractivity contribution in [2.75, 3.05) is 5.06 Å². The van der Waals surface area contributed by atoms with Crippen molar-refractivity contribution in [2.24, 2.45) is 0 Å². The number of anilines is 1. The van der Waals surface area contributed by atoms with Crippen LogP contribution in [0.25, 0.3) is 0 Å². The number of para-hydroxylation sites is 1. The van der Waals surface area contributed by atoms with Crippen molar-refractivity contribution in [3.63, 3.8) is 0 Å². The van der Waals surface area contributed by atoms with E-state index in [9.17, 15) is 4.79 Å². The summed E-state index contributed by atoms with van der Waals surface area (Å²) in [5, 5.41) is 1.19. The Kier molecular flexibility index (Phi) is 4.06. The van der Waals surface area contributed by atoms with E-state index < -0.39 is 0 Å². The molecule has 0 fully saturated rings. The van der Waals surface area contributed by atoms with Crippen LogP contribution in [-0.2, 0) is 0 Å². The Labute approximate surface area is 127 Å². The van der Waals surface area contributed by atoms with Crippen LogP contribution in [0.3, 0.4) is 0 Å². The summed E-state index contributed by atoms with van der Waals surface area (Å²) < 4.78 is 0. The normalized spacial score (nSPS) is 10.0. The third-order valence-corrected chi connectivity index (χ3v) is 2.91. The van der Waals surface area contributed by atoms with E-state index in [0.717, 1.165) is 0 Å². The van der Waals surface area contributed by atoms with Crippen LogP contribution in [0.2, 0.25) is 0 Å². The lowest BCUT2D eigenvalue weighted by Gasteiger charge is -2.20. The molecule has 1 amide bonds. The van der Waals surface area contributed by atoms with Gasteiger partial charge in [-0.25, -0.2) is 9.97 Å². The molecule has 0 spiro atoms. The quantitative estimate of drug-likeness (QED) is 0.693. The fourth-order valence-corrected chi connectivity index (χ4v) is 1.89. The minimum absolute atomic E-state index is 0.107. The minimum atomic E-state index is -0.292. The minimum Gasteiger partial charge on any atom is -0.330 e. The number of hydroxylamine groups is 1. The predicted molar refractivity (Wildman–Crippen MR) is 82.4 cm³/mol. The second kappa shape index (κ2) is 6.49. The van der Waals surface area contributed by atoms with Crippen LogP contribution in [0.15, 0.2) is 79.1 Å². The van der Waals surface area contributed by atoms with Gasteiger partial charge in [0.15, 0.2) is 0 Å². The van der Waals surface area contributed by atoms with Crippen molar-refractivity contribution < 1.29 is 9.63 Å². The zero-order valence-electron chi connectivity index (χ0n) is 11.7. The van der Waals surface area contributed by atoms with Crippen molar-refractivity contribution in [3.8, 4) is 6.01 Å². The molecular weight excluding hydrogens is 278 g/mol. The lowest BCUT2D eigenvalue weighted by atomic mass is 10.2. The number of nitrogens with zero attached hydrogens (tertiary/aromatic N) is 3. The molecule has 0 aliphatic heterocycles. The Morgan fingerprint density at radius 1 is 0.818 bits per heavy atom. The number of carbonyl (C=O) groups is 1. The van der Waals surface area contributed by atoms with E-state index in [1.165, 1.54) is 5.06 Å². The molecule has 0 bridgehead atoms. The molecule has 5 heteroatoms. The van der Waals surface area contributed by atoms with Crippen LogP contribution in [0.4, 0.5) is 5.69 Å². The molecule has 3 rings (SSSR count). The van der Waals surface area contributed by atoms with Gasteiger partial charge in [0.1, 0.15) is 0 Å². The SMILES string of the molecule is O=C(c1ccccc1)N(Oc1ncccn1)c1ccccc1. The summed E-state index contributed by atoms with van der Waals surface area (Å²) in [6.07, 6.45) is 3.11. The highest BCUT2D eigenvalue weighted by molar-refractivity contribution is 6.04. The monoisotopic (exact) mass is 291 g/mol. The second-order valence-corrected chi connectivity index (χ2v) is 4.42. The highest BCUT2D eigenvalue weighted by Gasteiger charge is 2.20. The zero-order chi connectivity index (χ0) is 15.2. The maximum Gasteiger partial charge on any atom is 0.343 e. The second-order valence-electron chi connectivity index (χ2n) is 4.42. The smallest absolute Gasteiger partial charge is 0.330 e. The molecule has 2 aromatic carbocycles.